The van der Waals surface area contributed by atoms with E-state index in [9.17, 15) is 0 Å². The summed E-state index contributed by atoms with van der Waals surface area (Å²) in [6, 6.07) is 6.77. The molecule has 1 aromatic rings. The predicted molar refractivity (Wildman–Crippen MR) is 76.9 cm³/mol. The van der Waals surface area contributed by atoms with E-state index in [2.05, 4.69) is 42.3 Å². The number of hydrogen-bond acceptors (Lipinski definition) is 2. The lowest BCUT2D eigenvalue weighted by molar-refractivity contribution is 0.297. The molecular weight excluding hydrogens is 220 g/mol. The first-order valence-electron chi connectivity index (χ1n) is 7.31. The SMILES string of the molecule is CC(C)C1CCN(Cc2cccc3c2NCC3)C1. The molecule has 2 heteroatoms. The molecule has 0 amide bonds. The highest BCUT2D eigenvalue weighted by Crippen LogP contribution is 2.30. The van der Waals surface area contributed by atoms with Crippen LogP contribution in [-0.4, -0.2) is 24.5 Å². The van der Waals surface area contributed by atoms with Gasteiger partial charge in [-0.2, -0.15) is 0 Å². The van der Waals surface area contributed by atoms with Crippen molar-refractivity contribution in [1.29, 1.82) is 0 Å². The quantitative estimate of drug-likeness (QED) is 0.879. The number of rotatable bonds is 3. The minimum absolute atomic E-state index is 0.828. The molecule has 2 aliphatic rings. The van der Waals surface area contributed by atoms with Gasteiger partial charge in [0, 0.05) is 25.3 Å². The molecule has 3 rings (SSSR count). The first-order valence-corrected chi connectivity index (χ1v) is 7.31. The Hall–Kier alpha value is -1.02. The fourth-order valence-corrected chi connectivity index (χ4v) is 3.33. The largest absolute Gasteiger partial charge is 0.384 e. The third kappa shape index (κ3) is 2.26. The van der Waals surface area contributed by atoms with Crippen molar-refractivity contribution in [3.05, 3.63) is 29.3 Å². The van der Waals surface area contributed by atoms with Crippen molar-refractivity contribution in [2.45, 2.75) is 33.2 Å². The summed E-state index contributed by atoms with van der Waals surface area (Å²) in [5, 5.41) is 3.55. The van der Waals surface area contributed by atoms with E-state index >= 15 is 0 Å². The number of fused-ring (bicyclic) bond motifs is 1. The lowest BCUT2D eigenvalue weighted by Crippen LogP contribution is -2.22. The van der Waals surface area contributed by atoms with Crippen LogP contribution in [0.25, 0.3) is 0 Å². The second kappa shape index (κ2) is 4.93. The highest BCUT2D eigenvalue weighted by atomic mass is 15.1. The molecule has 0 spiro atoms. The van der Waals surface area contributed by atoms with Gasteiger partial charge in [-0.05, 0) is 42.3 Å². The van der Waals surface area contributed by atoms with E-state index in [1.54, 1.807) is 0 Å². The Morgan fingerprint density at radius 3 is 3.06 bits per heavy atom. The summed E-state index contributed by atoms with van der Waals surface area (Å²) >= 11 is 0. The maximum absolute atomic E-state index is 3.55. The van der Waals surface area contributed by atoms with Gasteiger partial charge in [0.2, 0.25) is 0 Å². The zero-order valence-electron chi connectivity index (χ0n) is 11.6. The number of hydrogen-bond donors (Lipinski definition) is 1. The number of benzene rings is 1. The van der Waals surface area contributed by atoms with E-state index in [0.717, 1.165) is 24.9 Å². The summed E-state index contributed by atoms with van der Waals surface area (Å²) < 4.78 is 0. The molecule has 2 aliphatic heterocycles. The summed E-state index contributed by atoms with van der Waals surface area (Å²) in [6.45, 7) is 9.50. The van der Waals surface area contributed by atoms with Crippen molar-refractivity contribution in [3.8, 4) is 0 Å². The highest BCUT2D eigenvalue weighted by Gasteiger charge is 2.25. The molecule has 0 aliphatic carbocycles. The molecule has 1 unspecified atom stereocenters. The maximum atomic E-state index is 3.55. The number of nitrogens with one attached hydrogen (secondary N) is 1. The van der Waals surface area contributed by atoms with Gasteiger partial charge in [-0.1, -0.05) is 32.0 Å². The molecule has 0 radical (unpaired) electrons. The van der Waals surface area contributed by atoms with Crippen LogP contribution in [0.15, 0.2) is 18.2 Å². The van der Waals surface area contributed by atoms with Crippen molar-refractivity contribution in [2.24, 2.45) is 11.8 Å². The van der Waals surface area contributed by atoms with Crippen LogP contribution < -0.4 is 5.32 Å². The Kier molecular flexibility index (Phi) is 3.29. The number of nitrogens with zero attached hydrogens (tertiary/aromatic N) is 1. The third-order valence-electron chi connectivity index (χ3n) is 4.58. The maximum Gasteiger partial charge on any atom is 0.0419 e. The standard InChI is InChI=1S/C16H24N2/c1-12(2)14-7-9-18(10-14)11-15-5-3-4-13-6-8-17-16(13)15/h3-5,12,14,17H,6-11H2,1-2H3. The van der Waals surface area contributed by atoms with Gasteiger partial charge in [0.25, 0.3) is 0 Å². The van der Waals surface area contributed by atoms with Crippen LogP contribution in [0.1, 0.15) is 31.4 Å². The smallest absolute Gasteiger partial charge is 0.0419 e. The molecular formula is C16H24N2. The minimum Gasteiger partial charge on any atom is -0.384 e. The minimum atomic E-state index is 0.828. The lowest BCUT2D eigenvalue weighted by atomic mass is 9.95. The molecule has 0 saturated carbocycles. The second-order valence-corrected chi connectivity index (χ2v) is 6.16. The fourth-order valence-electron chi connectivity index (χ4n) is 3.33. The molecule has 1 saturated heterocycles. The fraction of sp³-hybridized carbons (Fsp3) is 0.625. The van der Waals surface area contributed by atoms with Crippen LogP contribution in [-0.2, 0) is 13.0 Å². The molecule has 1 aromatic carbocycles. The van der Waals surface area contributed by atoms with E-state index < -0.39 is 0 Å². The van der Waals surface area contributed by atoms with E-state index in [0.29, 0.717) is 0 Å². The van der Waals surface area contributed by atoms with E-state index in [4.69, 9.17) is 0 Å². The number of anilines is 1. The molecule has 2 nitrogen and oxygen atoms in total. The summed E-state index contributed by atoms with van der Waals surface area (Å²) in [5.74, 6) is 1.73. The van der Waals surface area contributed by atoms with Gasteiger partial charge in [0.1, 0.15) is 0 Å². The Morgan fingerprint density at radius 2 is 2.28 bits per heavy atom. The summed E-state index contributed by atoms with van der Waals surface area (Å²) in [6.07, 6.45) is 2.57. The van der Waals surface area contributed by atoms with E-state index in [-0.39, 0.29) is 0 Å². The lowest BCUT2D eigenvalue weighted by Gasteiger charge is -2.19. The van der Waals surface area contributed by atoms with Gasteiger partial charge in [-0.15, -0.1) is 0 Å². The normalized spacial score (nSPS) is 23.4. The molecule has 0 aromatic heterocycles. The van der Waals surface area contributed by atoms with Gasteiger partial charge in [0.15, 0.2) is 0 Å². The van der Waals surface area contributed by atoms with E-state index in [1.165, 1.54) is 42.7 Å². The van der Waals surface area contributed by atoms with E-state index in [1.807, 2.05) is 0 Å². The first kappa shape index (κ1) is 12.0. The predicted octanol–water partition coefficient (Wildman–Crippen LogP) is 3.13. The summed E-state index contributed by atoms with van der Waals surface area (Å²) in [5.41, 5.74) is 4.42. The Morgan fingerprint density at radius 1 is 1.39 bits per heavy atom. The summed E-state index contributed by atoms with van der Waals surface area (Å²) in [7, 11) is 0. The zero-order valence-corrected chi connectivity index (χ0v) is 11.6. The van der Waals surface area contributed by atoms with Crippen molar-refractivity contribution in [1.82, 2.24) is 4.90 Å². The Balaban J connectivity index is 1.69. The summed E-state index contributed by atoms with van der Waals surface area (Å²) in [4.78, 5) is 2.63. The van der Waals surface area contributed by atoms with Crippen LogP contribution in [0, 0.1) is 11.8 Å². The Bertz CT molecular complexity index is 425. The molecule has 98 valence electrons. The van der Waals surface area contributed by atoms with Crippen molar-refractivity contribution in [2.75, 3.05) is 25.0 Å². The Labute approximate surface area is 110 Å². The topological polar surface area (TPSA) is 15.3 Å². The van der Waals surface area contributed by atoms with Gasteiger partial charge < -0.3 is 5.32 Å². The van der Waals surface area contributed by atoms with Crippen LogP contribution in [0.4, 0.5) is 5.69 Å². The van der Waals surface area contributed by atoms with Crippen molar-refractivity contribution >= 4 is 5.69 Å². The molecule has 1 atom stereocenters. The molecule has 0 bridgehead atoms. The first-order chi connectivity index (χ1) is 8.74. The molecule has 1 fully saturated rings. The van der Waals surface area contributed by atoms with Crippen LogP contribution in [0.5, 0.6) is 0 Å². The second-order valence-electron chi connectivity index (χ2n) is 6.16. The highest BCUT2D eigenvalue weighted by molar-refractivity contribution is 5.61. The van der Waals surface area contributed by atoms with Gasteiger partial charge >= 0.3 is 0 Å². The molecule has 18 heavy (non-hydrogen) atoms. The van der Waals surface area contributed by atoms with Crippen LogP contribution >= 0.6 is 0 Å². The van der Waals surface area contributed by atoms with Gasteiger partial charge in [-0.3, -0.25) is 4.90 Å². The van der Waals surface area contributed by atoms with Gasteiger partial charge in [0.05, 0.1) is 0 Å². The van der Waals surface area contributed by atoms with Crippen molar-refractivity contribution < 1.29 is 0 Å². The molecule has 2 heterocycles. The average molecular weight is 244 g/mol. The number of para-hydroxylation sites is 1. The average Bonchev–Trinajstić information content (AvgIpc) is 2.97. The van der Waals surface area contributed by atoms with Crippen LogP contribution in [0.2, 0.25) is 0 Å². The molecule has 1 N–H and O–H groups in total. The third-order valence-corrected chi connectivity index (χ3v) is 4.58. The monoisotopic (exact) mass is 244 g/mol. The van der Waals surface area contributed by atoms with Gasteiger partial charge in [-0.25, -0.2) is 0 Å². The van der Waals surface area contributed by atoms with Crippen molar-refractivity contribution in [3.63, 3.8) is 0 Å². The zero-order chi connectivity index (χ0) is 12.5. The van der Waals surface area contributed by atoms with Crippen LogP contribution in [0.3, 0.4) is 0 Å². The number of likely N-dealkylation sites (tertiary alicyclic amines) is 1.